The van der Waals surface area contributed by atoms with E-state index in [0.717, 1.165) is 22.0 Å². The van der Waals surface area contributed by atoms with E-state index < -0.39 is 0 Å². The summed E-state index contributed by atoms with van der Waals surface area (Å²) in [6, 6.07) is 9.96. The molecule has 0 saturated heterocycles. The normalized spacial score (nSPS) is 10.8. The highest BCUT2D eigenvalue weighted by Crippen LogP contribution is 2.30. The zero-order valence-electron chi connectivity index (χ0n) is 8.51. The van der Waals surface area contributed by atoms with Gasteiger partial charge in [-0.15, -0.1) is 5.10 Å². The van der Waals surface area contributed by atoms with E-state index in [2.05, 4.69) is 21.2 Å². The third kappa shape index (κ3) is 1.24. The van der Waals surface area contributed by atoms with E-state index in [4.69, 9.17) is 5.73 Å². The highest BCUT2D eigenvalue weighted by molar-refractivity contribution is 5.97. The Morgan fingerprint density at radius 1 is 1.06 bits per heavy atom. The van der Waals surface area contributed by atoms with E-state index >= 15 is 0 Å². The summed E-state index contributed by atoms with van der Waals surface area (Å²) in [6.45, 7) is 0. The number of para-hydroxylation sites is 1. The van der Waals surface area contributed by atoms with Crippen molar-refractivity contribution in [1.82, 2.24) is 15.2 Å². The first kappa shape index (κ1) is 8.91. The number of hydrogen-bond acceptors (Lipinski definition) is 3. The molecule has 0 atom stereocenters. The smallest absolute Gasteiger partial charge is 0.154 e. The van der Waals surface area contributed by atoms with Gasteiger partial charge in [0.2, 0.25) is 0 Å². The van der Waals surface area contributed by atoms with Crippen LogP contribution in [0.2, 0.25) is 0 Å². The molecule has 0 amide bonds. The molecule has 3 rings (SSSR count). The van der Waals surface area contributed by atoms with E-state index in [1.54, 1.807) is 6.20 Å². The number of nitrogens with two attached hydrogens (primary N) is 1. The summed E-state index contributed by atoms with van der Waals surface area (Å²) in [5.41, 5.74) is 8.87. The van der Waals surface area contributed by atoms with Gasteiger partial charge in [-0.3, -0.25) is 0 Å². The van der Waals surface area contributed by atoms with Crippen LogP contribution >= 0.6 is 0 Å². The summed E-state index contributed by atoms with van der Waals surface area (Å²) in [5.74, 6) is 0.451. The Balaban J connectivity index is 2.31. The zero-order chi connectivity index (χ0) is 11.0. The summed E-state index contributed by atoms with van der Waals surface area (Å²) in [7, 11) is 0. The molecule has 0 aliphatic heterocycles. The molecule has 0 unspecified atom stereocenters. The quantitative estimate of drug-likeness (QED) is 0.647. The second-order valence-corrected chi connectivity index (χ2v) is 3.58. The molecule has 2 heterocycles. The predicted octanol–water partition coefficient (Wildman–Crippen LogP) is 2.21. The standard InChI is InChI=1S/C12H10N4/c13-12-9(5-6-15-16-12)10-7-14-11-4-2-1-3-8(10)11/h1-7,14H,(H2,13,16). The third-order valence-corrected chi connectivity index (χ3v) is 2.63. The largest absolute Gasteiger partial charge is 0.382 e. The van der Waals surface area contributed by atoms with Crippen LogP contribution in [-0.4, -0.2) is 15.2 Å². The lowest BCUT2D eigenvalue weighted by molar-refractivity contribution is 1.04. The number of hydrogen-bond donors (Lipinski definition) is 2. The van der Waals surface area contributed by atoms with Gasteiger partial charge >= 0.3 is 0 Å². The van der Waals surface area contributed by atoms with Crippen molar-refractivity contribution in [2.45, 2.75) is 0 Å². The lowest BCUT2D eigenvalue weighted by Gasteiger charge is -2.01. The molecule has 2 aromatic heterocycles. The zero-order valence-corrected chi connectivity index (χ0v) is 8.51. The Hall–Kier alpha value is -2.36. The van der Waals surface area contributed by atoms with Crippen molar-refractivity contribution in [3.05, 3.63) is 42.7 Å². The van der Waals surface area contributed by atoms with Crippen molar-refractivity contribution in [2.24, 2.45) is 0 Å². The maximum Gasteiger partial charge on any atom is 0.154 e. The number of benzene rings is 1. The first-order chi connectivity index (χ1) is 7.86. The van der Waals surface area contributed by atoms with Gasteiger partial charge in [-0.25, -0.2) is 0 Å². The molecule has 0 radical (unpaired) electrons. The highest BCUT2D eigenvalue weighted by Gasteiger charge is 2.08. The minimum atomic E-state index is 0.451. The summed E-state index contributed by atoms with van der Waals surface area (Å²) in [5, 5.41) is 8.75. The third-order valence-electron chi connectivity index (χ3n) is 2.63. The van der Waals surface area contributed by atoms with Crippen LogP contribution < -0.4 is 5.73 Å². The van der Waals surface area contributed by atoms with Crippen LogP contribution in [0.4, 0.5) is 5.82 Å². The maximum atomic E-state index is 5.82. The lowest BCUT2D eigenvalue weighted by Crippen LogP contribution is -1.94. The van der Waals surface area contributed by atoms with Crippen LogP contribution in [-0.2, 0) is 0 Å². The number of nitrogens with zero attached hydrogens (tertiary/aromatic N) is 2. The topological polar surface area (TPSA) is 67.6 Å². The van der Waals surface area contributed by atoms with Crippen molar-refractivity contribution in [2.75, 3.05) is 5.73 Å². The summed E-state index contributed by atoms with van der Waals surface area (Å²) in [4.78, 5) is 3.21. The van der Waals surface area contributed by atoms with E-state index in [1.165, 1.54) is 0 Å². The van der Waals surface area contributed by atoms with E-state index in [1.807, 2.05) is 30.5 Å². The van der Waals surface area contributed by atoms with Crippen LogP contribution in [0.1, 0.15) is 0 Å². The molecule has 0 aliphatic carbocycles. The molecule has 0 bridgehead atoms. The number of aromatic amines is 1. The molecule has 0 saturated carbocycles. The molecule has 3 N–H and O–H groups in total. The van der Waals surface area contributed by atoms with Crippen LogP contribution in [0.5, 0.6) is 0 Å². The van der Waals surface area contributed by atoms with Crippen LogP contribution in [0, 0.1) is 0 Å². The Morgan fingerprint density at radius 2 is 1.94 bits per heavy atom. The number of H-pyrrole nitrogens is 1. The Morgan fingerprint density at radius 3 is 2.81 bits per heavy atom. The van der Waals surface area contributed by atoms with E-state index in [0.29, 0.717) is 5.82 Å². The van der Waals surface area contributed by atoms with Crippen molar-refractivity contribution in [3.8, 4) is 11.1 Å². The fourth-order valence-electron chi connectivity index (χ4n) is 1.86. The first-order valence-corrected chi connectivity index (χ1v) is 5.00. The fraction of sp³-hybridized carbons (Fsp3) is 0. The van der Waals surface area contributed by atoms with Crippen LogP contribution in [0.3, 0.4) is 0 Å². The molecule has 3 aromatic rings. The van der Waals surface area contributed by atoms with Gasteiger partial charge < -0.3 is 10.7 Å². The molecule has 1 aromatic carbocycles. The monoisotopic (exact) mass is 210 g/mol. The Labute approximate surface area is 92.1 Å². The predicted molar refractivity (Wildman–Crippen MR) is 63.7 cm³/mol. The second-order valence-electron chi connectivity index (χ2n) is 3.58. The number of rotatable bonds is 1. The Bertz CT molecular complexity index is 642. The van der Waals surface area contributed by atoms with Crippen LogP contribution in [0.25, 0.3) is 22.0 Å². The van der Waals surface area contributed by atoms with Crippen molar-refractivity contribution < 1.29 is 0 Å². The highest BCUT2D eigenvalue weighted by atomic mass is 15.1. The minimum absolute atomic E-state index is 0.451. The molecule has 78 valence electrons. The van der Waals surface area contributed by atoms with Gasteiger partial charge in [0.15, 0.2) is 5.82 Å². The van der Waals surface area contributed by atoms with Gasteiger partial charge in [-0.1, -0.05) is 18.2 Å². The van der Waals surface area contributed by atoms with Gasteiger partial charge in [0.05, 0.1) is 6.20 Å². The van der Waals surface area contributed by atoms with E-state index in [9.17, 15) is 0 Å². The molecular formula is C12H10N4. The van der Waals surface area contributed by atoms with E-state index in [-0.39, 0.29) is 0 Å². The number of aromatic nitrogens is 3. The summed E-state index contributed by atoms with van der Waals surface area (Å²) >= 11 is 0. The molecule has 4 nitrogen and oxygen atoms in total. The summed E-state index contributed by atoms with van der Waals surface area (Å²) < 4.78 is 0. The molecular weight excluding hydrogens is 200 g/mol. The van der Waals surface area contributed by atoms with Crippen LogP contribution in [0.15, 0.2) is 42.7 Å². The van der Waals surface area contributed by atoms with Crippen molar-refractivity contribution in [1.29, 1.82) is 0 Å². The molecule has 0 aliphatic rings. The molecule has 16 heavy (non-hydrogen) atoms. The van der Waals surface area contributed by atoms with Gasteiger partial charge in [-0.05, 0) is 12.1 Å². The number of fused-ring (bicyclic) bond motifs is 1. The molecule has 0 spiro atoms. The van der Waals surface area contributed by atoms with Crippen molar-refractivity contribution >= 4 is 16.7 Å². The minimum Gasteiger partial charge on any atom is -0.382 e. The average molecular weight is 210 g/mol. The van der Waals surface area contributed by atoms with Crippen molar-refractivity contribution in [3.63, 3.8) is 0 Å². The number of anilines is 1. The van der Waals surface area contributed by atoms with Gasteiger partial charge in [0.1, 0.15) is 0 Å². The maximum absolute atomic E-state index is 5.82. The Kier molecular flexibility index (Phi) is 1.86. The average Bonchev–Trinajstić information content (AvgIpc) is 2.74. The second kappa shape index (κ2) is 3.34. The van der Waals surface area contributed by atoms with Gasteiger partial charge in [0, 0.05) is 28.2 Å². The first-order valence-electron chi connectivity index (χ1n) is 5.00. The summed E-state index contributed by atoms with van der Waals surface area (Å²) in [6.07, 6.45) is 3.59. The number of nitrogen functional groups attached to an aromatic ring is 1. The number of nitrogens with one attached hydrogen (secondary N) is 1. The molecule has 4 heteroatoms. The lowest BCUT2D eigenvalue weighted by atomic mass is 10.1. The fourth-order valence-corrected chi connectivity index (χ4v) is 1.86. The SMILES string of the molecule is Nc1nnccc1-c1c[nH]c2ccccc12. The molecule has 0 fully saturated rings. The van der Waals surface area contributed by atoms with Gasteiger partial charge in [0.25, 0.3) is 0 Å². The van der Waals surface area contributed by atoms with Gasteiger partial charge in [-0.2, -0.15) is 5.10 Å².